The molecule has 4 rings (SSSR count). The van der Waals surface area contributed by atoms with Gasteiger partial charge in [0.25, 0.3) is 0 Å². The van der Waals surface area contributed by atoms with E-state index < -0.39 is 78.8 Å². The van der Waals surface area contributed by atoms with E-state index in [0.717, 1.165) is 32.2 Å². The molecule has 360 valence electrons. The molecule has 2 bridgehead atoms. The van der Waals surface area contributed by atoms with Gasteiger partial charge in [0.1, 0.15) is 24.2 Å². The van der Waals surface area contributed by atoms with Crippen molar-refractivity contribution in [3.8, 4) is 0 Å². The second-order valence-corrected chi connectivity index (χ2v) is 19.1. The summed E-state index contributed by atoms with van der Waals surface area (Å²) in [6.45, 7) is 14.2. The maximum atomic E-state index is 13.7. The number of carbonyl (C=O) groups excluding carboxylic acids is 5. The number of nitrogens with two attached hydrogens (primary N) is 2. The zero-order chi connectivity index (χ0) is 46.6. The lowest BCUT2D eigenvalue weighted by molar-refractivity contribution is -0.199. The highest BCUT2D eigenvalue weighted by molar-refractivity contribution is 6.47. The van der Waals surface area contributed by atoms with Crippen LogP contribution in [0.1, 0.15) is 164 Å². The number of amides is 5. The molecule has 0 unspecified atom stereocenters. The molecule has 11 N–H and O–H groups in total. The van der Waals surface area contributed by atoms with Crippen molar-refractivity contribution in [1.29, 1.82) is 0 Å². The van der Waals surface area contributed by atoms with Gasteiger partial charge in [-0.05, 0) is 122 Å². The molecule has 18 heteroatoms. The van der Waals surface area contributed by atoms with E-state index in [4.69, 9.17) is 20.8 Å². The van der Waals surface area contributed by atoms with E-state index in [1.807, 2.05) is 6.92 Å². The number of carbonyl (C=O) groups is 6. The molecular weight excluding hydrogens is 807 g/mol. The van der Waals surface area contributed by atoms with Crippen LogP contribution in [-0.4, -0.2) is 116 Å². The van der Waals surface area contributed by atoms with Crippen LogP contribution in [0.25, 0.3) is 0 Å². The molecule has 5 amide bonds. The molecule has 0 aromatic heterocycles. The van der Waals surface area contributed by atoms with Crippen LogP contribution in [-0.2, 0) is 38.1 Å². The molecule has 63 heavy (non-hydrogen) atoms. The SMILES string of the molecule is CCCCCCCCCCNCCC(=O)N[C@@H](CCCCN)C(=O)N[C@@H](CCC(=O)O)C(=O)N[C@@H](C)C(=O)N[C@@H](CCCCN)C(=O)N[C@@H](C)B1O[C@@H]2C[C@@H]3C[C@@H](C3(C)C)[C@]2(C)O1. The molecule has 3 aliphatic carbocycles. The normalized spacial score (nSPS) is 23.2. The Labute approximate surface area is 377 Å². The van der Waals surface area contributed by atoms with Gasteiger partial charge in [-0.2, -0.15) is 0 Å². The van der Waals surface area contributed by atoms with Crippen molar-refractivity contribution in [3.63, 3.8) is 0 Å². The van der Waals surface area contributed by atoms with Gasteiger partial charge in [0.2, 0.25) is 29.5 Å². The standard InChI is InChI=1S/C45H83BN8O9/c1-7-8-9-10-11-12-13-18-26-49-27-23-38(55)52-33(19-14-16-24-47)43(61)54-35(21-22-39(56)57)41(59)50-30(2)40(58)53-34(20-15-17-25-48)42(60)51-31(3)46-62-37-29-32-28-36(44(32,4)5)45(37,6)63-46/h30-37,49H,7-29,47-48H2,1-6H3,(H,50,59)(H,51,60)(H,52,55)(H,53,58)(H,54,61)(H,56,57)/t30-,31-,32-,33-,34-,35-,36-,37+,45-/m0/s1. The van der Waals surface area contributed by atoms with Gasteiger partial charge in [0, 0.05) is 19.4 Å². The minimum absolute atomic E-state index is 0.0605. The van der Waals surface area contributed by atoms with Crippen molar-refractivity contribution < 1.29 is 43.2 Å². The molecule has 1 aliphatic heterocycles. The first-order valence-corrected chi connectivity index (χ1v) is 24.1. The van der Waals surface area contributed by atoms with E-state index in [9.17, 15) is 33.9 Å². The van der Waals surface area contributed by atoms with Gasteiger partial charge in [0.05, 0.1) is 17.6 Å². The predicted molar refractivity (Wildman–Crippen MR) is 244 cm³/mol. The summed E-state index contributed by atoms with van der Waals surface area (Å²) in [7, 11) is -0.657. The molecule has 1 heterocycles. The summed E-state index contributed by atoms with van der Waals surface area (Å²) in [5, 5.41) is 26.5. The van der Waals surface area contributed by atoms with E-state index in [2.05, 4.69) is 59.6 Å². The molecule has 0 radical (unpaired) electrons. The van der Waals surface area contributed by atoms with E-state index in [1.165, 1.54) is 45.4 Å². The van der Waals surface area contributed by atoms with Crippen LogP contribution < -0.4 is 43.4 Å². The monoisotopic (exact) mass is 891 g/mol. The van der Waals surface area contributed by atoms with Crippen LogP contribution in [0.5, 0.6) is 0 Å². The fourth-order valence-electron chi connectivity index (χ4n) is 9.49. The van der Waals surface area contributed by atoms with E-state index in [0.29, 0.717) is 57.2 Å². The number of hydrogen-bond acceptors (Lipinski definition) is 11. The summed E-state index contributed by atoms with van der Waals surface area (Å²) in [5.74, 6) is -3.62. The number of hydrogen-bond donors (Lipinski definition) is 9. The second kappa shape index (κ2) is 27.2. The highest BCUT2D eigenvalue weighted by atomic mass is 16.7. The van der Waals surface area contributed by atoms with Gasteiger partial charge in [-0.3, -0.25) is 28.8 Å². The highest BCUT2D eigenvalue weighted by Gasteiger charge is 2.68. The van der Waals surface area contributed by atoms with Crippen molar-refractivity contribution in [3.05, 3.63) is 0 Å². The molecule has 3 saturated carbocycles. The maximum absolute atomic E-state index is 13.7. The fraction of sp³-hybridized carbons (Fsp3) is 0.867. The number of aliphatic carboxylic acids is 1. The van der Waals surface area contributed by atoms with E-state index >= 15 is 0 Å². The van der Waals surface area contributed by atoms with Crippen LogP contribution in [0.4, 0.5) is 0 Å². The minimum atomic E-state index is -1.33. The zero-order valence-corrected chi connectivity index (χ0v) is 39.3. The quantitative estimate of drug-likeness (QED) is 0.0340. The Morgan fingerprint density at radius 1 is 0.667 bits per heavy atom. The Bertz CT molecular complexity index is 1480. The molecule has 17 nitrogen and oxygen atoms in total. The number of nitrogens with one attached hydrogen (secondary N) is 6. The van der Waals surface area contributed by atoms with E-state index in [1.54, 1.807) is 0 Å². The summed E-state index contributed by atoms with van der Waals surface area (Å²) < 4.78 is 12.9. The van der Waals surface area contributed by atoms with Crippen molar-refractivity contribution in [2.45, 2.75) is 205 Å². The third kappa shape index (κ3) is 16.9. The number of unbranched alkanes of at least 4 members (excludes halogenated alkanes) is 9. The number of carboxylic acid groups (broad SMARTS) is 1. The average molecular weight is 891 g/mol. The Morgan fingerprint density at radius 2 is 1.22 bits per heavy atom. The number of carboxylic acids is 1. The lowest BCUT2D eigenvalue weighted by atomic mass is 9.43. The van der Waals surface area contributed by atoms with Gasteiger partial charge in [0.15, 0.2) is 0 Å². The molecule has 0 aromatic rings. The third-order valence-electron chi connectivity index (χ3n) is 13.7. The topological polar surface area (TPSA) is 265 Å². The van der Waals surface area contributed by atoms with Crippen LogP contribution in [0, 0.1) is 17.3 Å². The molecule has 9 atom stereocenters. The second-order valence-electron chi connectivity index (χ2n) is 19.1. The van der Waals surface area contributed by atoms with Crippen molar-refractivity contribution in [2.75, 3.05) is 26.2 Å². The summed E-state index contributed by atoms with van der Waals surface area (Å²) in [6, 6.07) is -4.44. The summed E-state index contributed by atoms with van der Waals surface area (Å²) in [6.07, 6.45) is 13.9. The van der Waals surface area contributed by atoms with Gasteiger partial charge in [-0.15, -0.1) is 0 Å². The largest absolute Gasteiger partial charge is 0.481 e. The van der Waals surface area contributed by atoms with Gasteiger partial charge < -0.3 is 57.8 Å². The molecule has 4 aliphatic rings. The van der Waals surface area contributed by atoms with E-state index in [-0.39, 0.29) is 43.1 Å². The average Bonchev–Trinajstić information content (AvgIpc) is 3.61. The van der Waals surface area contributed by atoms with Gasteiger partial charge in [-0.1, -0.05) is 65.7 Å². The Balaban J connectivity index is 1.56. The lowest BCUT2D eigenvalue weighted by Crippen LogP contribution is -2.65. The predicted octanol–water partition coefficient (Wildman–Crippen LogP) is 2.96. The molecular formula is C45H83BN8O9. The Morgan fingerprint density at radius 3 is 1.83 bits per heavy atom. The first-order chi connectivity index (χ1) is 30.0. The smallest absolute Gasteiger partial charge is 0.481 e. The van der Waals surface area contributed by atoms with Crippen LogP contribution in [0.3, 0.4) is 0 Å². The van der Waals surface area contributed by atoms with Crippen molar-refractivity contribution >= 4 is 42.6 Å². The first-order valence-electron chi connectivity index (χ1n) is 24.1. The maximum Gasteiger partial charge on any atom is 0.481 e. The van der Waals surface area contributed by atoms with Gasteiger partial charge >= 0.3 is 13.1 Å². The van der Waals surface area contributed by atoms with Crippen LogP contribution >= 0.6 is 0 Å². The van der Waals surface area contributed by atoms with Crippen molar-refractivity contribution in [2.24, 2.45) is 28.7 Å². The fourth-order valence-corrected chi connectivity index (χ4v) is 9.49. The van der Waals surface area contributed by atoms with Crippen LogP contribution in [0.2, 0.25) is 0 Å². The Hall–Kier alpha value is -3.32. The molecule has 0 aromatic carbocycles. The van der Waals surface area contributed by atoms with Crippen LogP contribution in [0.15, 0.2) is 0 Å². The lowest BCUT2D eigenvalue weighted by Gasteiger charge is -2.64. The summed E-state index contributed by atoms with van der Waals surface area (Å²) >= 11 is 0. The molecule has 4 fully saturated rings. The van der Waals surface area contributed by atoms with Crippen molar-refractivity contribution in [1.82, 2.24) is 31.9 Å². The Kier molecular flexibility index (Phi) is 23.3. The molecule has 0 spiro atoms. The minimum Gasteiger partial charge on any atom is -0.481 e. The van der Waals surface area contributed by atoms with Gasteiger partial charge in [-0.25, -0.2) is 0 Å². The third-order valence-corrected chi connectivity index (χ3v) is 13.7. The molecule has 1 saturated heterocycles. The highest BCUT2D eigenvalue weighted by Crippen LogP contribution is 2.65. The number of rotatable bonds is 33. The first kappa shape index (κ1) is 54.0. The summed E-state index contributed by atoms with van der Waals surface area (Å²) in [5.41, 5.74) is 11.1. The summed E-state index contributed by atoms with van der Waals surface area (Å²) in [4.78, 5) is 79.1. The zero-order valence-electron chi connectivity index (χ0n) is 39.3.